The zero-order valence-corrected chi connectivity index (χ0v) is 16.8. The molecule has 2 N–H and O–H groups in total. The van der Waals surface area contributed by atoms with Crippen molar-refractivity contribution in [1.82, 2.24) is 10.2 Å². The van der Waals surface area contributed by atoms with Gasteiger partial charge in [0.05, 0.1) is 26.9 Å². The zero-order chi connectivity index (χ0) is 19.3. The second-order valence-electron chi connectivity index (χ2n) is 7.74. The first-order valence-corrected chi connectivity index (χ1v) is 10.0. The molecule has 1 unspecified atom stereocenters. The number of rotatable bonds is 6. The molecule has 1 spiro atoms. The van der Waals surface area contributed by atoms with E-state index in [-0.39, 0.29) is 0 Å². The number of aliphatic hydroxyl groups is 1. The normalized spacial score (nSPS) is 20.1. The minimum atomic E-state index is -0.703. The summed E-state index contributed by atoms with van der Waals surface area (Å²) in [4.78, 5) is 7.11. The number of hydrogen-bond donors (Lipinski definition) is 2. The van der Waals surface area contributed by atoms with Gasteiger partial charge in [-0.1, -0.05) is 12.8 Å². The van der Waals surface area contributed by atoms with E-state index in [1.165, 1.54) is 32.1 Å². The second kappa shape index (κ2) is 8.83. The van der Waals surface area contributed by atoms with Crippen LogP contribution < -0.4 is 14.8 Å². The molecule has 1 heterocycles. The molecule has 27 heavy (non-hydrogen) atoms. The van der Waals surface area contributed by atoms with Crippen LogP contribution in [-0.2, 0) is 0 Å². The van der Waals surface area contributed by atoms with E-state index in [9.17, 15) is 5.11 Å². The molecular formula is C21H33N3O3. The lowest BCUT2D eigenvalue weighted by molar-refractivity contribution is 0.185. The third-order valence-electron chi connectivity index (χ3n) is 5.91. The predicted molar refractivity (Wildman–Crippen MR) is 108 cm³/mol. The van der Waals surface area contributed by atoms with Gasteiger partial charge >= 0.3 is 0 Å². The van der Waals surface area contributed by atoms with Crippen molar-refractivity contribution >= 4 is 5.96 Å². The molecule has 2 aliphatic rings. The molecule has 6 nitrogen and oxygen atoms in total. The first-order valence-electron chi connectivity index (χ1n) is 10.0. The second-order valence-corrected chi connectivity index (χ2v) is 7.74. The molecule has 150 valence electrons. The maximum absolute atomic E-state index is 10.7. The Labute approximate surface area is 162 Å². The molecule has 6 heteroatoms. The molecule has 0 amide bonds. The number of aliphatic imine (C=N–C) groups is 1. The fourth-order valence-corrected chi connectivity index (χ4v) is 4.38. The topological polar surface area (TPSA) is 66.3 Å². The average molecular weight is 376 g/mol. The predicted octanol–water partition coefficient (Wildman–Crippen LogP) is 2.97. The van der Waals surface area contributed by atoms with Crippen LogP contribution in [0.2, 0.25) is 0 Å². The zero-order valence-electron chi connectivity index (χ0n) is 16.8. The number of nitrogens with zero attached hydrogens (tertiary/aromatic N) is 2. The van der Waals surface area contributed by atoms with E-state index in [4.69, 9.17) is 14.5 Å². The fourth-order valence-electron chi connectivity index (χ4n) is 4.38. The molecule has 1 aliphatic carbocycles. The highest BCUT2D eigenvalue weighted by Gasteiger charge is 2.41. The molecule has 1 aromatic rings. The van der Waals surface area contributed by atoms with Crippen molar-refractivity contribution in [3.63, 3.8) is 0 Å². The Morgan fingerprint density at radius 2 is 1.85 bits per heavy atom. The number of methoxy groups -OCH3 is 2. The van der Waals surface area contributed by atoms with E-state index in [0.717, 1.165) is 31.2 Å². The lowest BCUT2D eigenvalue weighted by Crippen LogP contribution is -2.41. The first kappa shape index (κ1) is 19.8. The van der Waals surface area contributed by atoms with E-state index < -0.39 is 6.10 Å². The molecule has 0 radical (unpaired) electrons. The summed E-state index contributed by atoms with van der Waals surface area (Å²) in [5.41, 5.74) is 1.24. The van der Waals surface area contributed by atoms with Gasteiger partial charge in [0.1, 0.15) is 11.5 Å². The highest BCUT2D eigenvalue weighted by atomic mass is 16.5. The molecule has 1 atom stereocenters. The van der Waals surface area contributed by atoms with Gasteiger partial charge < -0.3 is 24.8 Å². The van der Waals surface area contributed by atoms with Gasteiger partial charge in [-0.25, -0.2) is 0 Å². The molecule has 1 saturated heterocycles. The molecule has 1 aliphatic heterocycles. The number of aliphatic hydroxyl groups excluding tert-OH is 1. The molecule has 2 fully saturated rings. The van der Waals surface area contributed by atoms with Gasteiger partial charge in [-0.2, -0.15) is 0 Å². The summed E-state index contributed by atoms with van der Waals surface area (Å²) < 4.78 is 10.6. The van der Waals surface area contributed by atoms with Crippen molar-refractivity contribution < 1.29 is 14.6 Å². The number of likely N-dealkylation sites (tertiary alicyclic amines) is 1. The lowest BCUT2D eigenvalue weighted by Gasteiger charge is -2.26. The van der Waals surface area contributed by atoms with Gasteiger partial charge in [-0.05, 0) is 49.3 Å². The number of hydrogen-bond acceptors (Lipinski definition) is 4. The van der Waals surface area contributed by atoms with Crippen LogP contribution in [0.25, 0.3) is 0 Å². The Hall–Kier alpha value is -1.95. The maximum Gasteiger partial charge on any atom is 0.194 e. The Balaban J connectivity index is 1.69. The van der Waals surface area contributed by atoms with Crippen LogP contribution in [0.1, 0.15) is 50.7 Å². The summed E-state index contributed by atoms with van der Waals surface area (Å²) in [7, 11) is 3.22. The summed E-state index contributed by atoms with van der Waals surface area (Å²) >= 11 is 0. The summed E-state index contributed by atoms with van der Waals surface area (Å²) in [5, 5.41) is 14.1. The summed E-state index contributed by atoms with van der Waals surface area (Å²) in [6.45, 7) is 5.35. The maximum atomic E-state index is 10.7. The van der Waals surface area contributed by atoms with Gasteiger partial charge in [0.25, 0.3) is 0 Å². The third kappa shape index (κ3) is 4.67. The molecule has 1 aromatic carbocycles. The van der Waals surface area contributed by atoms with Crippen LogP contribution in [0.5, 0.6) is 11.5 Å². The van der Waals surface area contributed by atoms with Crippen LogP contribution in [-0.4, -0.2) is 56.4 Å². The highest BCUT2D eigenvalue weighted by molar-refractivity contribution is 5.80. The van der Waals surface area contributed by atoms with Gasteiger partial charge in [0.2, 0.25) is 0 Å². The minimum Gasteiger partial charge on any atom is -0.497 e. The van der Waals surface area contributed by atoms with E-state index in [1.807, 2.05) is 12.1 Å². The summed E-state index contributed by atoms with van der Waals surface area (Å²) in [5.74, 6) is 2.25. The summed E-state index contributed by atoms with van der Waals surface area (Å²) in [6.07, 6.45) is 5.96. The van der Waals surface area contributed by atoms with Crippen molar-refractivity contribution in [1.29, 1.82) is 0 Å². The molecule has 0 aromatic heterocycles. The van der Waals surface area contributed by atoms with Crippen LogP contribution in [0, 0.1) is 5.41 Å². The van der Waals surface area contributed by atoms with Crippen LogP contribution >= 0.6 is 0 Å². The standard InChI is InChI=1S/C21H33N3O3/c1-4-22-20(24-10-9-21(15-24)7-5-6-8-21)23-14-19(25)16-11-17(26-2)13-18(12-16)27-3/h11-13,19,25H,4-10,14-15H2,1-3H3,(H,22,23). The van der Waals surface area contributed by atoms with E-state index in [2.05, 4.69) is 17.1 Å². The molecule has 1 saturated carbocycles. The molecular weight excluding hydrogens is 342 g/mol. The monoisotopic (exact) mass is 375 g/mol. The number of benzene rings is 1. The minimum absolute atomic E-state index is 0.308. The largest absolute Gasteiger partial charge is 0.497 e. The lowest BCUT2D eigenvalue weighted by atomic mass is 9.86. The Bertz CT molecular complexity index is 634. The number of ether oxygens (including phenoxy) is 2. The Morgan fingerprint density at radius 1 is 1.19 bits per heavy atom. The van der Waals surface area contributed by atoms with Crippen LogP contribution in [0.3, 0.4) is 0 Å². The third-order valence-corrected chi connectivity index (χ3v) is 5.91. The molecule has 3 rings (SSSR count). The van der Waals surface area contributed by atoms with Crippen molar-refractivity contribution in [3.05, 3.63) is 23.8 Å². The van der Waals surface area contributed by atoms with E-state index in [0.29, 0.717) is 23.5 Å². The van der Waals surface area contributed by atoms with Crippen LogP contribution in [0.4, 0.5) is 0 Å². The van der Waals surface area contributed by atoms with Gasteiger partial charge in [0, 0.05) is 25.7 Å². The fraction of sp³-hybridized carbons (Fsp3) is 0.667. The van der Waals surface area contributed by atoms with Gasteiger partial charge in [0.15, 0.2) is 5.96 Å². The van der Waals surface area contributed by atoms with E-state index >= 15 is 0 Å². The smallest absolute Gasteiger partial charge is 0.194 e. The summed E-state index contributed by atoms with van der Waals surface area (Å²) in [6, 6.07) is 5.47. The Morgan fingerprint density at radius 3 is 2.44 bits per heavy atom. The SMILES string of the molecule is CCNC(=NCC(O)c1cc(OC)cc(OC)c1)N1CCC2(CCCC2)C1. The van der Waals surface area contributed by atoms with Crippen molar-refractivity contribution in [2.45, 2.75) is 45.1 Å². The number of nitrogens with one attached hydrogen (secondary N) is 1. The molecule has 0 bridgehead atoms. The van der Waals surface area contributed by atoms with Crippen molar-refractivity contribution in [3.8, 4) is 11.5 Å². The number of guanidine groups is 1. The Kier molecular flexibility index (Phi) is 6.47. The highest BCUT2D eigenvalue weighted by Crippen LogP contribution is 2.45. The van der Waals surface area contributed by atoms with Crippen molar-refractivity contribution in [2.75, 3.05) is 40.4 Å². The van der Waals surface area contributed by atoms with Crippen LogP contribution in [0.15, 0.2) is 23.2 Å². The van der Waals surface area contributed by atoms with Gasteiger partial charge in [-0.3, -0.25) is 4.99 Å². The van der Waals surface area contributed by atoms with Crippen molar-refractivity contribution in [2.24, 2.45) is 10.4 Å². The van der Waals surface area contributed by atoms with E-state index in [1.54, 1.807) is 20.3 Å². The van der Waals surface area contributed by atoms with Gasteiger partial charge in [-0.15, -0.1) is 0 Å². The first-order chi connectivity index (χ1) is 13.1. The quantitative estimate of drug-likeness (QED) is 0.591. The average Bonchev–Trinajstić information content (AvgIpc) is 3.34.